The van der Waals surface area contributed by atoms with Crippen molar-refractivity contribution in [3.8, 4) is 0 Å². The first kappa shape index (κ1) is 47.8. The summed E-state index contributed by atoms with van der Waals surface area (Å²) in [4.78, 5) is 20.9. The molecule has 4 heteroatoms. The van der Waals surface area contributed by atoms with Gasteiger partial charge in [0.2, 0.25) is 5.24 Å². The third kappa shape index (κ3) is 49.2. The number of unbranched alkanes of at least 4 members (excludes halogenated alkanes) is 28. The summed E-state index contributed by atoms with van der Waals surface area (Å²) in [6, 6.07) is 10.3. The van der Waals surface area contributed by atoms with E-state index in [1.165, 1.54) is 173 Å². The van der Waals surface area contributed by atoms with Gasteiger partial charge in [0.15, 0.2) is 0 Å². The van der Waals surface area contributed by atoms with Crippen molar-refractivity contribution in [2.45, 2.75) is 226 Å². The minimum Gasteiger partial charge on any atom is -0.481 e. The fourth-order valence-corrected chi connectivity index (χ4v) is 5.95. The summed E-state index contributed by atoms with van der Waals surface area (Å²) in [5, 5.41) is 8.34. The summed E-state index contributed by atoms with van der Waals surface area (Å²) in [6.45, 7) is 6.63. The molecular weight excluding hydrogens is 600 g/mol. The van der Waals surface area contributed by atoms with Crippen LogP contribution in [-0.4, -0.2) is 16.3 Å². The largest absolute Gasteiger partial charge is 0.481 e. The average molecular weight is 680 g/mol. The third-order valence-electron chi connectivity index (χ3n) is 8.91. The number of carboxylic acids is 1. The maximum Gasteiger partial charge on any atom is 0.303 e. The van der Waals surface area contributed by atoms with Crippen LogP contribution in [0.15, 0.2) is 30.3 Å². The smallest absolute Gasteiger partial charge is 0.303 e. The van der Waals surface area contributed by atoms with E-state index < -0.39 is 5.97 Å². The molecule has 1 N–H and O–H groups in total. The molecule has 0 saturated heterocycles. The highest BCUT2D eigenvalue weighted by Crippen LogP contribution is 2.15. The van der Waals surface area contributed by atoms with Crippen LogP contribution in [0.2, 0.25) is 0 Å². The first-order chi connectivity index (χ1) is 22.9. The zero-order valence-electron chi connectivity index (χ0n) is 31.7. The Labute approximate surface area is 298 Å². The Morgan fingerprint density at radius 2 is 0.702 bits per heavy atom. The molecule has 1 aromatic carbocycles. The van der Waals surface area contributed by atoms with Crippen LogP contribution in [0, 0.1) is 6.92 Å². The Hall–Kier alpha value is -1.35. The van der Waals surface area contributed by atoms with Crippen LogP contribution < -0.4 is 0 Å². The molecule has 1 aromatic rings. The van der Waals surface area contributed by atoms with Gasteiger partial charge in [0.1, 0.15) is 0 Å². The van der Waals surface area contributed by atoms with E-state index in [4.69, 9.17) is 16.7 Å². The number of hydrogen-bond acceptors (Lipinski definition) is 2. The second kappa shape index (κ2) is 42.7. The molecule has 0 radical (unpaired) electrons. The van der Waals surface area contributed by atoms with Crippen LogP contribution in [0.3, 0.4) is 0 Å². The SMILES string of the molecule is CCCCCCCCCCCCCCCCCC(=O)Cl.CCCCCCCCCCCCCCCCCC(=O)O.Cc1ccccc1. The Balaban J connectivity index is 0. The predicted molar refractivity (Wildman–Crippen MR) is 209 cm³/mol. The van der Waals surface area contributed by atoms with Gasteiger partial charge in [-0.2, -0.15) is 0 Å². The number of aryl methyl sites for hydroxylation is 1. The zero-order chi connectivity index (χ0) is 34.9. The second-order valence-corrected chi connectivity index (χ2v) is 14.2. The van der Waals surface area contributed by atoms with Gasteiger partial charge in [0, 0.05) is 12.8 Å². The number of carboxylic acid groups (broad SMARTS) is 1. The van der Waals surface area contributed by atoms with Crippen molar-refractivity contribution < 1.29 is 14.7 Å². The first-order valence-electron chi connectivity index (χ1n) is 20.4. The molecule has 0 spiro atoms. The van der Waals surface area contributed by atoms with Crippen LogP contribution in [0.25, 0.3) is 0 Å². The van der Waals surface area contributed by atoms with E-state index in [0.29, 0.717) is 12.8 Å². The lowest BCUT2D eigenvalue weighted by atomic mass is 10.0. The molecule has 0 aliphatic heterocycles. The van der Waals surface area contributed by atoms with Crippen LogP contribution in [0.5, 0.6) is 0 Å². The summed E-state index contributed by atoms with van der Waals surface area (Å²) in [6.07, 6.45) is 41.0. The molecule has 276 valence electrons. The molecule has 0 atom stereocenters. The molecule has 0 heterocycles. The summed E-state index contributed by atoms with van der Waals surface area (Å²) in [5.74, 6) is -0.653. The van der Waals surface area contributed by atoms with Gasteiger partial charge < -0.3 is 5.11 Å². The van der Waals surface area contributed by atoms with Gasteiger partial charge in [-0.3, -0.25) is 9.59 Å². The maximum absolute atomic E-state index is 10.5. The molecule has 0 aliphatic carbocycles. The lowest BCUT2D eigenvalue weighted by Gasteiger charge is -2.03. The number of halogens is 1. The molecule has 0 unspecified atom stereocenters. The zero-order valence-corrected chi connectivity index (χ0v) is 32.4. The van der Waals surface area contributed by atoms with Crippen LogP contribution >= 0.6 is 11.6 Å². The van der Waals surface area contributed by atoms with Crippen molar-refractivity contribution in [3.63, 3.8) is 0 Å². The normalized spacial score (nSPS) is 10.6. The molecule has 0 amide bonds. The molecule has 3 nitrogen and oxygen atoms in total. The molecule has 47 heavy (non-hydrogen) atoms. The quantitative estimate of drug-likeness (QED) is 0.0609. The third-order valence-corrected chi connectivity index (χ3v) is 9.10. The molecule has 0 aromatic heterocycles. The highest BCUT2D eigenvalue weighted by molar-refractivity contribution is 6.63. The topological polar surface area (TPSA) is 54.4 Å². The Morgan fingerprint density at radius 3 is 0.915 bits per heavy atom. The van der Waals surface area contributed by atoms with Crippen molar-refractivity contribution in [2.24, 2.45) is 0 Å². The van der Waals surface area contributed by atoms with Crippen molar-refractivity contribution >= 4 is 22.8 Å². The predicted octanol–water partition coefficient (Wildman–Crippen LogP) is 15.3. The number of benzene rings is 1. The standard InChI is InChI=1S/C18H35ClO.C18H36O2.C7H8/c2*1-2-3-4-5-6-7-8-9-10-11-12-13-14-15-16-17-18(19)20;1-7-5-3-2-4-6-7/h2-17H2,1H3;2-17H2,1H3,(H,19,20);2-6H,1H3. The van der Waals surface area contributed by atoms with E-state index in [9.17, 15) is 9.59 Å². The Morgan fingerprint density at radius 1 is 0.447 bits per heavy atom. The summed E-state index contributed by atoms with van der Waals surface area (Å²) < 4.78 is 0. The highest BCUT2D eigenvalue weighted by atomic mass is 35.5. The first-order valence-corrected chi connectivity index (χ1v) is 20.7. The minimum absolute atomic E-state index is 0.181. The fraction of sp³-hybridized carbons (Fsp3) is 0.814. The van der Waals surface area contributed by atoms with E-state index in [2.05, 4.69) is 32.9 Å². The summed E-state index contributed by atoms with van der Waals surface area (Å²) >= 11 is 5.30. The fourth-order valence-electron chi connectivity index (χ4n) is 5.82. The Kier molecular flexibility index (Phi) is 43.4. The van der Waals surface area contributed by atoms with Gasteiger partial charge in [-0.05, 0) is 31.4 Å². The number of carbonyl (C=O) groups is 2. The van der Waals surface area contributed by atoms with Gasteiger partial charge >= 0.3 is 5.97 Å². The minimum atomic E-state index is -0.653. The summed E-state index contributed by atoms with van der Waals surface area (Å²) in [7, 11) is 0. The van der Waals surface area contributed by atoms with Crippen LogP contribution in [0.1, 0.15) is 225 Å². The monoisotopic (exact) mass is 679 g/mol. The highest BCUT2D eigenvalue weighted by Gasteiger charge is 1.98. The lowest BCUT2D eigenvalue weighted by molar-refractivity contribution is -0.137. The van der Waals surface area contributed by atoms with Crippen molar-refractivity contribution in [1.82, 2.24) is 0 Å². The van der Waals surface area contributed by atoms with E-state index in [-0.39, 0.29) is 5.24 Å². The van der Waals surface area contributed by atoms with Gasteiger partial charge in [0.25, 0.3) is 0 Å². The number of rotatable bonds is 32. The van der Waals surface area contributed by atoms with Crippen LogP contribution in [0.4, 0.5) is 0 Å². The number of carbonyl (C=O) groups excluding carboxylic acids is 1. The summed E-state index contributed by atoms with van der Waals surface area (Å²) in [5.41, 5.74) is 1.32. The lowest BCUT2D eigenvalue weighted by Crippen LogP contribution is -1.93. The van der Waals surface area contributed by atoms with Crippen LogP contribution in [-0.2, 0) is 9.59 Å². The van der Waals surface area contributed by atoms with Gasteiger partial charge in [-0.25, -0.2) is 0 Å². The van der Waals surface area contributed by atoms with Crippen molar-refractivity contribution in [1.29, 1.82) is 0 Å². The van der Waals surface area contributed by atoms with Gasteiger partial charge in [0.05, 0.1) is 0 Å². The van der Waals surface area contributed by atoms with E-state index in [1.807, 2.05) is 18.2 Å². The van der Waals surface area contributed by atoms with E-state index >= 15 is 0 Å². The second-order valence-electron chi connectivity index (χ2n) is 13.8. The van der Waals surface area contributed by atoms with Gasteiger partial charge in [-0.1, -0.05) is 230 Å². The van der Waals surface area contributed by atoms with Crippen molar-refractivity contribution in [3.05, 3.63) is 35.9 Å². The van der Waals surface area contributed by atoms with E-state index in [1.54, 1.807) is 0 Å². The molecule has 1 rings (SSSR count). The van der Waals surface area contributed by atoms with E-state index in [0.717, 1.165) is 25.7 Å². The molecule has 0 aliphatic rings. The Bertz CT molecular complexity index is 692. The maximum atomic E-state index is 10.5. The molecular formula is C43H79ClO3. The molecule has 0 saturated carbocycles. The molecule has 0 fully saturated rings. The number of hydrogen-bond donors (Lipinski definition) is 1. The van der Waals surface area contributed by atoms with Gasteiger partial charge in [-0.15, -0.1) is 0 Å². The van der Waals surface area contributed by atoms with Crippen molar-refractivity contribution in [2.75, 3.05) is 0 Å². The average Bonchev–Trinajstić information content (AvgIpc) is 3.05. The number of aliphatic carboxylic acids is 1. The molecule has 0 bridgehead atoms.